The number of thioether (sulfide) groups is 1. The number of nitrogens with zero attached hydrogens (tertiary/aromatic N) is 3. The molecule has 42 heavy (non-hydrogen) atoms. The number of anilines is 1. The topological polar surface area (TPSA) is 96.7 Å². The zero-order chi connectivity index (χ0) is 29.5. The van der Waals surface area contributed by atoms with Gasteiger partial charge in [0.1, 0.15) is 11.5 Å². The van der Waals surface area contributed by atoms with Gasteiger partial charge in [0.15, 0.2) is 22.5 Å². The van der Waals surface area contributed by atoms with Crippen LogP contribution in [-0.4, -0.2) is 49.1 Å². The third kappa shape index (κ3) is 6.34. The zero-order valence-electron chi connectivity index (χ0n) is 23.7. The maximum absolute atomic E-state index is 12.9. The predicted octanol–water partition coefficient (Wildman–Crippen LogP) is 6.51. The third-order valence-electron chi connectivity index (χ3n) is 6.52. The highest BCUT2D eigenvalue weighted by molar-refractivity contribution is 7.98. The molecular weight excluding hydrogens is 552 g/mol. The average molecular weight is 583 g/mol. The molecule has 5 aromatic rings. The molecule has 1 amide bonds. The summed E-state index contributed by atoms with van der Waals surface area (Å²) < 4.78 is 23.4. The summed E-state index contributed by atoms with van der Waals surface area (Å²) in [6, 6.07) is 28.2. The first kappa shape index (κ1) is 28.6. The summed E-state index contributed by atoms with van der Waals surface area (Å²) in [5.41, 5.74) is 3.98. The molecule has 0 bridgehead atoms. The minimum atomic E-state index is -0.219. The molecule has 1 N–H and O–H groups in total. The van der Waals surface area contributed by atoms with E-state index in [0.29, 0.717) is 34.3 Å². The van der Waals surface area contributed by atoms with E-state index in [9.17, 15) is 4.79 Å². The van der Waals surface area contributed by atoms with Crippen LogP contribution in [0.2, 0.25) is 0 Å². The molecule has 10 heteroatoms. The van der Waals surface area contributed by atoms with Crippen molar-refractivity contribution in [3.05, 3.63) is 102 Å². The average Bonchev–Trinajstić information content (AvgIpc) is 3.48. The Kier molecular flexibility index (Phi) is 8.93. The fourth-order valence-electron chi connectivity index (χ4n) is 4.29. The van der Waals surface area contributed by atoms with Gasteiger partial charge in [-0.05, 0) is 66.2 Å². The number of nitrogens with one attached hydrogen (secondary N) is 1. The maximum atomic E-state index is 12.9. The summed E-state index contributed by atoms with van der Waals surface area (Å²) in [4.78, 5) is 12.9. The molecule has 214 valence electrons. The van der Waals surface area contributed by atoms with E-state index in [4.69, 9.17) is 18.9 Å². The molecule has 0 fully saturated rings. The number of hydrogen-bond donors (Lipinski definition) is 1. The van der Waals surface area contributed by atoms with E-state index in [1.165, 1.54) is 0 Å². The molecule has 0 saturated heterocycles. The first-order valence-corrected chi connectivity index (χ1v) is 14.0. The Hall–Kier alpha value is -4.96. The Bertz CT molecular complexity index is 1670. The monoisotopic (exact) mass is 582 g/mol. The molecule has 0 radical (unpaired) electrons. The third-order valence-corrected chi connectivity index (χ3v) is 7.52. The smallest absolute Gasteiger partial charge is 0.255 e. The number of amides is 1. The van der Waals surface area contributed by atoms with Crippen molar-refractivity contribution in [2.45, 2.75) is 10.9 Å². The van der Waals surface area contributed by atoms with Crippen LogP contribution in [0.25, 0.3) is 17.1 Å². The highest BCUT2D eigenvalue weighted by atomic mass is 32.2. The fraction of sp³-hybridized carbons (Fsp3) is 0.156. The largest absolute Gasteiger partial charge is 0.497 e. The van der Waals surface area contributed by atoms with Crippen molar-refractivity contribution in [3.63, 3.8) is 0 Å². The minimum Gasteiger partial charge on any atom is -0.497 e. The van der Waals surface area contributed by atoms with Crippen molar-refractivity contribution in [3.8, 4) is 40.1 Å². The van der Waals surface area contributed by atoms with Crippen LogP contribution in [0, 0.1) is 0 Å². The van der Waals surface area contributed by atoms with Crippen LogP contribution in [0.1, 0.15) is 15.9 Å². The van der Waals surface area contributed by atoms with E-state index < -0.39 is 0 Å². The summed E-state index contributed by atoms with van der Waals surface area (Å²) in [7, 11) is 6.40. The number of carbonyl (C=O) groups excluding carboxylic acids is 1. The van der Waals surface area contributed by atoms with Gasteiger partial charge in [0.25, 0.3) is 5.91 Å². The number of rotatable bonds is 11. The predicted molar refractivity (Wildman–Crippen MR) is 163 cm³/mol. The first-order chi connectivity index (χ1) is 20.5. The van der Waals surface area contributed by atoms with Gasteiger partial charge in [0, 0.05) is 34.3 Å². The number of methoxy groups -OCH3 is 4. The molecule has 0 aliphatic rings. The van der Waals surface area contributed by atoms with Gasteiger partial charge in [-0.15, -0.1) is 10.2 Å². The van der Waals surface area contributed by atoms with E-state index in [1.54, 1.807) is 58.4 Å². The van der Waals surface area contributed by atoms with E-state index in [1.807, 2.05) is 77.4 Å². The quantitative estimate of drug-likeness (QED) is 0.176. The molecule has 5 rings (SSSR count). The molecule has 9 nitrogen and oxygen atoms in total. The van der Waals surface area contributed by atoms with Crippen LogP contribution in [0.15, 0.2) is 96.2 Å². The summed E-state index contributed by atoms with van der Waals surface area (Å²) in [5.74, 6) is 3.74. The van der Waals surface area contributed by atoms with E-state index in [2.05, 4.69) is 15.5 Å². The summed E-state index contributed by atoms with van der Waals surface area (Å²) >= 11 is 1.56. The number of ether oxygens (including phenoxy) is 4. The lowest BCUT2D eigenvalue weighted by molar-refractivity contribution is 0.102. The number of hydrogen-bond acceptors (Lipinski definition) is 8. The molecule has 0 aliphatic heterocycles. The molecule has 1 heterocycles. The summed E-state index contributed by atoms with van der Waals surface area (Å²) in [6.45, 7) is 0. The lowest BCUT2D eigenvalue weighted by Gasteiger charge is -2.12. The molecule has 0 aliphatic carbocycles. The SMILES string of the molecule is COc1ccc(-n2c(SCc3ccc(C(=O)Nc4ccc(OC)c(OC)c4)cc3)nnc2-c2cccc(OC)c2)cc1. The Balaban J connectivity index is 1.33. The Morgan fingerprint density at radius 1 is 0.762 bits per heavy atom. The van der Waals surface area contributed by atoms with E-state index in [0.717, 1.165) is 33.5 Å². The van der Waals surface area contributed by atoms with Crippen molar-refractivity contribution in [2.24, 2.45) is 0 Å². The van der Waals surface area contributed by atoms with E-state index in [-0.39, 0.29) is 5.91 Å². The normalized spacial score (nSPS) is 10.7. The molecule has 4 aromatic carbocycles. The second-order valence-electron chi connectivity index (χ2n) is 9.08. The van der Waals surface area contributed by atoms with Crippen LogP contribution >= 0.6 is 11.8 Å². The van der Waals surface area contributed by atoms with E-state index >= 15 is 0 Å². The molecular formula is C32H30N4O5S. The van der Waals surface area contributed by atoms with Crippen LogP contribution in [0.4, 0.5) is 5.69 Å². The van der Waals surface area contributed by atoms with Crippen molar-refractivity contribution in [1.29, 1.82) is 0 Å². The van der Waals surface area contributed by atoms with Crippen LogP contribution in [-0.2, 0) is 5.75 Å². The molecule has 0 spiro atoms. The molecule has 0 atom stereocenters. The lowest BCUT2D eigenvalue weighted by atomic mass is 10.1. The molecule has 1 aromatic heterocycles. The van der Waals surface area contributed by atoms with Crippen molar-refractivity contribution in [1.82, 2.24) is 14.8 Å². The maximum Gasteiger partial charge on any atom is 0.255 e. The molecule has 0 unspecified atom stereocenters. The highest BCUT2D eigenvalue weighted by Gasteiger charge is 2.17. The Labute approximate surface area is 248 Å². The van der Waals surface area contributed by atoms with Crippen LogP contribution in [0.3, 0.4) is 0 Å². The van der Waals surface area contributed by atoms with Gasteiger partial charge in [0.2, 0.25) is 0 Å². The van der Waals surface area contributed by atoms with Gasteiger partial charge >= 0.3 is 0 Å². The highest BCUT2D eigenvalue weighted by Crippen LogP contribution is 2.32. The van der Waals surface area contributed by atoms with Crippen LogP contribution < -0.4 is 24.3 Å². The van der Waals surface area contributed by atoms with Gasteiger partial charge in [-0.25, -0.2) is 0 Å². The second-order valence-corrected chi connectivity index (χ2v) is 10.0. The molecule has 0 saturated carbocycles. The van der Waals surface area contributed by atoms with Gasteiger partial charge in [-0.3, -0.25) is 9.36 Å². The van der Waals surface area contributed by atoms with Gasteiger partial charge < -0.3 is 24.3 Å². The number of aromatic nitrogens is 3. The number of benzene rings is 4. The van der Waals surface area contributed by atoms with Crippen LogP contribution in [0.5, 0.6) is 23.0 Å². The van der Waals surface area contributed by atoms with Gasteiger partial charge in [-0.1, -0.05) is 36.0 Å². The van der Waals surface area contributed by atoms with Crippen molar-refractivity contribution in [2.75, 3.05) is 33.8 Å². The van der Waals surface area contributed by atoms with Gasteiger partial charge in [0.05, 0.1) is 28.4 Å². The summed E-state index contributed by atoms with van der Waals surface area (Å²) in [5, 5.41) is 12.7. The van der Waals surface area contributed by atoms with Crippen molar-refractivity contribution < 1.29 is 23.7 Å². The van der Waals surface area contributed by atoms with Crippen molar-refractivity contribution >= 4 is 23.4 Å². The Morgan fingerprint density at radius 2 is 1.50 bits per heavy atom. The summed E-state index contributed by atoms with van der Waals surface area (Å²) in [6.07, 6.45) is 0. The van der Waals surface area contributed by atoms with Gasteiger partial charge in [-0.2, -0.15) is 0 Å². The zero-order valence-corrected chi connectivity index (χ0v) is 24.5. The first-order valence-electron chi connectivity index (χ1n) is 13.0. The lowest BCUT2D eigenvalue weighted by Crippen LogP contribution is -2.12. The second kappa shape index (κ2) is 13.1. The number of carbonyl (C=O) groups is 1. The Morgan fingerprint density at radius 3 is 2.19 bits per heavy atom. The fourth-order valence-corrected chi connectivity index (χ4v) is 5.20. The standard InChI is InChI=1S/C32H30N4O5S/c1-38-26-15-13-25(14-16-26)36-30(23-6-5-7-27(18-23)39-2)34-35-32(36)42-20-21-8-10-22(11-9-21)31(37)33-24-12-17-28(40-3)29(19-24)41-4/h5-19H,20H2,1-4H3,(H,33,37). The minimum absolute atomic E-state index is 0.219.